The van der Waals surface area contributed by atoms with Crippen LogP contribution in [0, 0.1) is 0 Å². The molecular weight excluding hydrogens is 244 g/mol. The maximum absolute atomic E-state index is 8.99. The minimum atomic E-state index is 0.202. The second-order valence-corrected chi connectivity index (χ2v) is 5.49. The fourth-order valence-electron chi connectivity index (χ4n) is 2.33. The normalized spacial score (nSPS) is 19.4. The molecule has 1 aromatic rings. The summed E-state index contributed by atoms with van der Waals surface area (Å²) in [5.41, 5.74) is 0. The maximum atomic E-state index is 8.99. The van der Waals surface area contributed by atoms with Crippen LogP contribution in [-0.2, 0) is 6.54 Å². The number of hydrogen-bond acceptors (Lipinski definition) is 6. The molecule has 0 atom stereocenters. The number of nitrogens with zero attached hydrogens (tertiary/aromatic N) is 3. The summed E-state index contributed by atoms with van der Waals surface area (Å²) in [5.74, 6) is 0.662. The predicted molar refractivity (Wildman–Crippen MR) is 70.8 cm³/mol. The monoisotopic (exact) mass is 266 g/mol. The van der Waals surface area contributed by atoms with Gasteiger partial charge >= 0.3 is 6.01 Å². The molecule has 0 amide bonds. The molecule has 1 heterocycles. The van der Waals surface area contributed by atoms with Crippen LogP contribution >= 0.6 is 0 Å². The van der Waals surface area contributed by atoms with Crippen LogP contribution in [0.4, 0.5) is 6.01 Å². The van der Waals surface area contributed by atoms with Gasteiger partial charge in [-0.1, -0.05) is 5.10 Å². The molecule has 2 N–H and O–H groups in total. The molecule has 0 unspecified atom stereocenters. The highest BCUT2D eigenvalue weighted by Gasteiger charge is 2.28. The Morgan fingerprint density at radius 2 is 2.11 bits per heavy atom. The highest BCUT2D eigenvalue weighted by Crippen LogP contribution is 2.29. The lowest BCUT2D eigenvalue weighted by molar-refractivity contribution is 0.279. The van der Waals surface area contributed by atoms with Gasteiger partial charge in [0.2, 0.25) is 5.89 Å². The van der Waals surface area contributed by atoms with E-state index in [-0.39, 0.29) is 6.61 Å². The van der Waals surface area contributed by atoms with E-state index in [4.69, 9.17) is 9.52 Å². The highest BCUT2D eigenvalue weighted by molar-refractivity contribution is 5.27. The Balaban J connectivity index is 1.59. The van der Waals surface area contributed by atoms with Gasteiger partial charge in [0.05, 0.1) is 6.54 Å². The number of anilines is 1. The van der Waals surface area contributed by atoms with E-state index in [1.54, 1.807) is 0 Å². The van der Waals surface area contributed by atoms with Gasteiger partial charge in [0.1, 0.15) is 0 Å². The largest absolute Gasteiger partial charge is 0.407 e. The minimum Gasteiger partial charge on any atom is -0.407 e. The van der Waals surface area contributed by atoms with Crippen molar-refractivity contribution in [1.29, 1.82) is 0 Å². The van der Waals surface area contributed by atoms with E-state index in [1.165, 1.54) is 32.1 Å². The second kappa shape index (κ2) is 5.88. The molecule has 0 aliphatic heterocycles. The van der Waals surface area contributed by atoms with Gasteiger partial charge in [0.25, 0.3) is 0 Å². The number of rotatable bonds is 8. The Kier molecular flexibility index (Phi) is 3.98. The van der Waals surface area contributed by atoms with E-state index >= 15 is 0 Å². The number of aromatic nitrogens is 2. The van der Waals surface area contributed by atoms with Gasteiger partial charge < -0.3 is 19.7 Å². The van der Waals surface area contributed by atoms with Crippen molar-refractivity contribution in [2.24, 2.45) is 0 Å². The van der Waals surface area contributed by atoms with Crippen LogP contribution in [0.25, 0.3) is 0 Å². The number of hydrogen-bond donors (Lipinski definition) is 2. The molecule has 0 saturated heterocycles. The SMILES string of the molecule is OCCCN(c1nnc(CNC2CC2)o1)C1CCC1. The van der Waals surface area contributed by atoms with Gasteiger partial charge in [-0.2, -0.15) is 0 Å². The van der Waals surface area contributed by atoms with E-state index in [1.807, 2.05) is 0 Å². The lowest BCUT2D eigenvalue weighted by Gasteiger charge is -2.36. The molecule has 19 heavy (non-hydrogen) atoms. The fourth-order valence-corrected chi connectivity index (χ4v) is 2.33. The van der Waals surface area contributed by atoms with E-state index in [9.17, 15) is 0 Å². The first kappa shape index (κ1) is 12.9. The van der Waals surface area contributed by atoms with Gasteiger partial charge in [-0.05, 0) is 38.5 Å². The molecule has 2 aliphatic carbocycles. The summed E-state index contributed by atoms with van der Waals surface area (Å²) in [6, 6.07) is 1.77. The minimum absolute atomic E-state index is 0.202. The first-order valence-corrected chi connectivity index (χ1v) is 7.30. The smallest absolute Gasteiger partial charge is 0.318 e. The van der Waals surface area contributed by atoms with Gasteiger partial charge in [-0.25, -0.2) is 0 Å². The zero-order valence-corrected chi connectivity index (χ0v) is 11.2. The molecule has 106 valence electrons. The van der Waals surface area contributed by atoms with Crippen molar-refractivity contribution < 1.29 is 9.52 Å². The second-order valence-electron chi connectivity index (χ2n) is 5.49. The standard InChI is InChI=1S/C13H22N4O2/c18-8-2-7-17(11-3-1-4-11)13-16-15-12(19-13)9-14-10-5-6-10/h10-11,14,18H,1-9H2. The Hall–Kier alpha value is -1.14. The Bertz CT molecular complexity index is 401. The topological polar surface area (TPSA) is 74.4 Å². The predicted octanol–water partition coefficient (Wildman–Crippen LogP) is 1.06. The highest BCUT2D eigenvalue weighted by atomic mass is 16.4. The lowest BCUT2D eigenvalue weighted by Crippen LogP contribution is -2.41. The van der Waals surface area contributed by atoms with Crippen LogP contribution in [-0.4, -0.2) is 40.5 Å². The molecule has 1 aromatic heterocycles. The third kappa shape index (κ3) is 3.25. The molecule has 0 radical (unpaired) electrons. The molecule has 2 aliphatic rings. The molecule has 0 bridgehead atoms. The average Bonchev–Trinajstić information content (AvgIpc) is 3.07. The zero-order valence-electron chi connectivity index (χ0n) is 11.2. The summed E-state index contributed by atoms with van der Waals surface area (Å²) in [7, 11) is 0. The number of nitrogens with one attached hydrogen (secondary N) is 1. The van der Waals surface area contributed by atoms with Crippen LogP contribution in [0.2, 0.25) is 0 Å². The van der Waals surface area contributed by atoms with Gasteiger partial charge in [0.15, 0.2) is 0 Å². The van der Waals surface area contributed by atoms with Crippen molar-refractivity contribution in [3.8, 4) is 0 Å². The lowest BCUT2D eigenvalue weighted by atomic mass is 9.91. The Morgan fingerprint density at radius 3 is 2.74 bits per heavy atom. The quantitative estimate of drug-likeness (QED) is 0.733. The average molecular weight is 266 g/mol. The summed E-state index contributed by atoms with van der Waals surface area (Å²) in [6.07, 6.45) is 6.89. The first-order valence-electron chi connectivity index (χ1n) is 7.30. The van der Waals surface area contributed by atoms with E-state index < -0.39 is 0 Å². The van der Waals surface area contributed by atoms with E-state index in [2.05, 4.69) is 20.4 Å². The molecule has 6 nitrogen and oxygen atoms in total. The summed E-state index contributed by atoms with van der Waals surface area (Å²) >= 11 is 0. The molecule has 0 spiro atoms. The van der Waals surface area contributed by atoms with Gasteiger partial charge in [0, 0.05) is 25.2 Å². The maximum Gasteiger partial charge on any atom is 0.318 e. The molecule has 2 saturated carbocycles. The van der Waals surface area contributed by atoms with Crippen LogP contribution < -0.4 is 10.2 Å². The van der Waals surface area contributed by atoms with Gasteiger partial charge in [-0.3, -0.25) is 0 Å². The van der Waals surface area contributed by atoms with Crippen molar-refractivity contribution in [3.63, 3.8) is 0 Å². The molecule has 2 fully saturated rings. The van der Waals surface area contributed by atoms with Gasteiger partial charge in [-0.15, -0.1) is 5.10 Å². The van der Waals surface area contributed by atoms with Crippen LogP contribution in [0.1, 0.15) is 44.4 Å². The third-order valence-corrected chi connectivity index (χ3v) is 3.89. The Morgan fingerprint density at radius 1 is 1.26 bits per heavy atom. The summed E-state index contributed by atoms with van der Waals surface area (Å²) in [6.45, 7) is 1.66. The molecule has 6 heteroatoms. The summed E-state index contributed by atoms with van der Waals surface area (Å²) in [4.78, 5) is 2.16. The van der Waals surface area contributed by atoms with Crippen molar-refractivity contribution in [2.45, 2.75) is 57.2 Å². The van der Waals surface area contributed by atoms with E-state index in [0.29, 0.717) is 30.5 Å². The number of aliphatic hydroxyl groups excluding tert-OH is 1. The van der Waals surface area contributed by atoms with Crippen molar-refractivity contribution in [1.82, 2.24) is 15.5 Å². The fraction of sp³-hybridized carbons (Fsp3) is 0.846. The van der Waals surface area contributed by atoms with Crippen molar-refractivity contribution in [3.05, 3.63) is 5.89 Å². The molecule has 0 aromatic carbocycles. The number of aliphatic hydroxyl groups is 1. The zero-order chi connectivity index (χ0) is 13.1. The molecule has 3 rings (SSSR count). The van der Waals surface area contributed by atoms with Crippen LogP contribution in [0.3, 0.4) is 0 Å². The summed E-state index contributed by atoms with van der Waals surface area (Å²) < 4.78 is 5.74. The summed E-state index contributed by atoms with van der Waals surface area (Å²) in [5, 5.41) is 20.6. The van der Waals surface area contributed by atoms with Crippen LogP contribution in [0.5, 0.6) is 0 Å². The van der Waals surface area contributed by atoms with E-state index in [0.717, 1.165) is 13.0 Å². The van der Waals surface area contributed by atoms with Crippen LogP contribution in [0.15, 0.2) is 4.42 Å². The Labute approximate surface area is 113 Å². The van der Waals surface area contributed by atoms with Crippen molar-refractivity contribution in [2.75, 3.05) is 18.1 Å². The van der Waals surface area contributed by atoms with Crippen molar-refractivity contribution >= 4 is 6.01 Å². The molecular formula is C13H22N4O2. The first-order chi connectivity index (χ1) is 9.36. The third-order valence-electron chi connectivity index (χ3n) is 3.89.